The number of carbonyl (C=O) groups is 2. The number of nitrogens with zero attached hydrogens (tertiary/aromatic N) is 1. The van der Waals surface area contributed by atoms with Crippen molar-refractivity contribution in [1.82, 2.24) is 4.90 Å². The molecular weight excluding hydrogens is 242 g/mol. The average Bonchev–Trinajstić information content (AvgIpc) is 2.45. The quantitative estimate of drug-likeness (QED) is 0.784. The molecule has 1 aliphatic heterocycles. The number of hydrogen-bond donors (Lipinski definition) is 0. The third kappa shape index (κ3) is 3.56. The lowest BCUT2D eigenvalue weighted by Gasteiger charge is -2.41. The van der Waals surface area contributed by atoms with Crippen molar-refractivity contribution >= 4 is 11.7 Å². The van der Waals surface area contributed by atoms with Crippen LogP contribution < -0.4 is 0 Å². The van der Waals surface area contributed by atoms with Crippen LogP contribution in [0.2, 0.25) is 0 Å². The fraction of sp³-hybridized carbons (Fsp3) is 0.867. The van der Waals surface area contributed by atoms with Crippen LogP contribution in [0.15, 0.2) is 0 Å². The summed E-state index contributed by atoms with van der Waals surface area (Å²) >= 11 is 0. The topological polar surface area (TPSA) is 46.6 Å². The minimum absolute atomic E-state index is 0.0601. The summed E-state index contributed by atoms with van der Waals surface area (Å²) in [6, 6.07) is 0.134. The van der Waals surface area contributed by atoms with E-state index in [0.29, 0.717) is 18.8 Å². The maximum atomic E-state index is 12.2. The summed E-state index contributed by atoms with van der Waals surface area (Å²) in [7, 11) is 0. The van der Waals surface area contributed by atoms with Crippen LogP contribution in [0, 0.1) is 5.92 Å². The van der Waals surface area contributed by atoms with Crippen LogP contribution >= 0.6 is 0 Å². The Balaban J connectivity index is 2.02. The zero-order valence-corrected chi connectivity index (χ0v) is 11.9. The normalized spacial score (nSPS) is 28.5. The summed E-state index contributed by atoms with van der Waals surface area (Å²) in [6.07, 6.45) is 6.97. The summed E-state index contributed by atoms with van der Waals surface area (Å²) in [5, 5.41) is 0. The van der Waals surface area contributed by atoms with E-state index in [1.807, 2.05) is 11.8 Å². The molecule has 2 unspecified atom stereocenters. The number of ketones is 1. The van der Waals surface area contributed by atoms with Gasteiger partial charge in [-0.3, -0.25) is 9.59 Å². The predicted molar refractivity (Wildman–Crippen MR) is 72.8 cm³/mol. The van der Waals surface area contributed by atoms with Gasteiger partial charge in [-0.15, -0.1) is 0 Å². The van der Waals surface area contributed by atoms with Crippen LogP contribution in [0.25, 0.3) is 0 Å². The van der Waals surface area contributed by atoms with E-state index in [1.165, 1.54) is 0 Å². The number of rotatable bonds is 4. The van der Waals surface area contributed by atoms with Gasteiger partial charge in [-0.05, 0) is 39.0 Å². The smallest absolute Gasteiger partial charge is 0.248 e. The molecule has 4 nitrogen and oxygen atoms in total. The first kappa shape index (κ1) is 14.5. The van der Waals surface area contributed by atoms with Crippen molar-refractivity contribution in [2.75, 3.05) is 19.8 Å². The molecule has 0 aromatic heterocycles. The van der Waals surface area contributed by atoms with Crippen molar-refractivity contribution in [3.8, 4) is 0 Å². The Morgan fingerprint density at radius 1 is 1.26 bits per heavy atom. The first-order valence-corrected chi connectivity index (χ1v) is 7.64. The van der Waals surface area contributed by atoms with Crippen LogP contribution in [0.5, 0.6) is 0 Å². The van der Waals surface area contributed by atoms with Gasteiger partial charge in [0.2, 0.25) is 5.91 Å². The number of amides is 1. The molecule has 1 aliphatic carbocycles. The van der Waals surface area contributed by atoms with Gasteiger partial charge in [0.05, 0.1) is 0 Å². The van der Waals surface area contributed by atoms with Crippen molar-refractivity contribution in [1.29, 1.82) is 0 Å². The molecule has 0 spiro atoms. The summed E-state index contributed by atoms with van der Waals surface area (Å²) in [6.45, 7) is 3.41. The third-order valence-electron chi connectivity index (χ3n) is 4.37. The second-order valence-electron chi connectivity index (χ2n) is 5.61. The second-order valence-corrected chi connectivity index (χ2v) is 5.61. The predicted octanol–water partition coefficient (Wildman–Crippen LogP) is 2.16. The summed E-state index contributed by atoms with van der Waals surface area (Å²) < 4.78 is 5.23. The van der Waals surface area contributed by atoms with E-state index >= 15 is 0 Å². The first-order chi connectivity index (χ1) is 9.24. The third-order valence-corrected chi connectivity index (χ3v) is 4.37. The van der Waals surface area contributed by atoms with Gasteiger partial charge in [-0.2, -0.15) is 0 Å². The Hall–Kier alpha value is -0.900. The van der Waals surface area contributed by atoms with E-state index < -0.39 is 0 Å². The molecule has 0 bridgehead atoms. The Morgan fingerprint density at radius 2 is 2.05 bits per heavy atom. The Kier molecular flexibility index (Phi) is 5.37. The molecule has 2 rings (SSSR count). The Bertz CT molecular complexity index is 329. The molecule has 1 amide bonds. The Labute approximate surface area is 115 Å². The van der Waals surface area contributed by atoms with Gasteiger partial charge in [0, 0.05) is 31.5 Å². The number of piperidine rings is 1. The van der Waals surface area contributed by atoms with E-state index in [9.17, 15) is 9.59 Å². The van der Waals surface area contributed by atoms with Crippen molar-refractivity contribution in [3.05, 3.63) is 0 Å². The van der Waals surface area contributed by atoms with Gasteiger partial charge in [0.1, 0.15) is 12.4 Å². The highest BCUT2D eigenvalue weighted by molar-refractivity contribution is 5.84. The number of ether oxygens (including phenoxy) is 1. The molecule has 0 aromatic rings. The molecule has 108 valence electrons. The van der Waals surface area contributed by atoms with Crippen molar-refractivity contribution in [2.45, 2.75) is 57.9 Å². The van der Waals surface area contributed by atoms with E-state index in [4.69, 9.17) is 4.74 Å². The number of likely N-dealkylation sites (tertiary alicyclic amines) is 1. The monoisotopic (exact) mass is 267 g/mol. The minimum atomic E-state index is 0.0601. The molecular formula is C15H25NO3. The molecule has 1 saturated heterocycles. The lowest BCUT2D eigenvalue weighted by atomic mass is 9.79. The van der Waals surface area contributed by atoms with Crippen LogP contribution in [0.1, 0.15) is 51.9 Å². The SMILES string of the molecule is CCOCC(=O)N1CCCCC1C1CCCCC1=O. The number of carbonyl (C=O) groups excluding carboxylic acids is 2. The lowest BCUT2D eigenvalue weighted by Crippen LogP contribution is -2.51. The van der Waals surface area contributed by atoms with E-state index in [-0.39, 0.29) is 24.5 Å². The average molecular weight is 267 g/mol. The first-order valence-electron chi connectivity index (χ1n) is 7.64. The van der Waals surface area contributed by atoms with Gasteiger partial charge >= 0.3 is 0 Å². The molecule has 2 atom stereocenters. The van der Waals surface area contributed by atoms with Crippen LogP contribution in [0.4, 0.5) is 0 Å². The molecule has 1 saturated carbocycles. The molecule has 1 heterocycles. The molecule has 2 aliphatic rings. The van der Waals surface area contributed by atoms with Gasteiger partial charge in [0.25, 0.3) is 0 Å². The number of Topliss-reactive ketones (excluding diaryl/α,β-unsaturated/α-hetero) is 1. The summed E-state index contributed by atoms with van der Waals surface area (Å²) in [5.74, 6) is 0.511. The minimum Gasteiger partial charge on any atom is -0.372 e. The van der Waals surface area contributed by atoms with E-state index in [0.717, 1.165) is 45.1 Å². The van der Waals surface area contributed by atoms with Crippen LogP contribution in [-0.2, 0) is 14.3 Å². The zero-order chi connectivity index (χ0) is 13.7. The van der Waals surface area contributed by atoms with Crippen molar-refractivity contribution < 1.29 is 14.3 Å². The largest absolute Gasteiger partial charge is 0.372 e. The van der Waals surface area contributed by atoms with Gasteiger partial charge in [-0.25, -0.2) is 0 Å². The zero-order valence-electron chi connectivity index (χ0n) is 11.9. The molecule has 0 radical (unpaired) electrons. The van der Waals surface area contributed by atoms with Gasteiger partial charge < -0.3 is 9.64 Å². The molecule has 2 fully saturated rings. The summed E-state index contributed by atoms with van der Waals surface area (Å²) in [4.78, 5) is 26.2. The second kappa shape index (κ2) is 7.04. The lowest BCUT2D eigenvalue weighted by molar-refractivity contribution is -0.143. The molecule has 4 heteroatoms. The highest BCUT2D eigenvalue weighted by Gasteiger charge is 2.37. The highest BCUT2D eigenvalue weighted by Crippen LogP contribution is 2.31. The van der Waals surface area contributed by atoms with E-state index in [2.05, 4.69) is 0 Å². The van der Waals surface area contributed by atoms with Crippen LogP contribution in [0.3, 0.4) is 0 Å². The van der Waals surface area contributed by atoms with Gasteiger partial charge in [-0.1, -0.05) is 6.42 Å². The molecule has 19 heavy (non-hydrogen) atoms. The highest BCUT2D eigenvalue weighted by atomic mass is 16.5. The fourth-order valence-corrected chi connectivity index (χ4v) is 3.37. The fourth-order valence-electron chi connectivity index (χ4n) is 3.37. The molecule has 0 N–H and O–H groups in total. The van der Waals surface area contributed by atoms with Crippen molar-refractivity contribution in [3.63, 3.8) is 0 Å². The maximum absolute atomic E-state index is 12.2. The number of hydrogen-bond acceptors (Lipinski definition) is 3. The molecule has 0 aromatic carbocycles. The summed E-state index contributed by atoms with van der Waals surface area (Å²) in [5.41, 5.74) is 0. The van der Waals surface area contributed by atoms with E-state index in [1.54, 1.807) is 0 Å². The Morgan fingerprint density at radius 3 is 2.79 bits per heavy atom. The van der Waals surface area contributed by atoms with Crippen LogP contribution in [-0.4, -0.2) is 42.4 Å². The standard InChI is InChI=1S/C15H25NO3/c1-2-19-11-15(18)16-10-6-5-8-13(16)12-7-3-4-9-14(12)17/h12-13H,2-11H2,1H3. The van der Waals surface area contributed by atoms with Gasteiger partial charge in [0.15, 0.2) is 0 Å². The maximum Gasteiger partial charge on any atom is 0.248 e. The van der Waals surface area contributed by atoms with Crippen molar-refractivity contribution in [2.24, 2.45) is 5.92 Å².